The molecule has 1 atom stereocenters. The number of hydrogen-bond acceptors (Lipinski definition) is 9. The largest absolute Gasteiger partial charge is 0.507 e. The molecule has 2 aliphatic carbocycles. The Morgan fingerprint density at radius 3 is 1.90 bits per heavy atom. The van der Waals surface area contributed by atoms with Crippen molar-refractivity contribution in [3.63, 3.8) is 0 Å². The van der Waals surface area contributed by atoms with E-state index in [1.54, 1.807) is 13.8 Å². The van der Waals surface area contributed by atoms with Crippen molar-refractivity contribution < 1.29 is 44.7 Å². The molecule has 200 valence electrons. The molecule has 0 spiro atoms. The maximum atomic E-state index is 13.7. The van der Waals surface area contributed by atoms with Crippen LogP contribution in [0.5, 0.6) is 28.7 Å². The van der Waals surface area contributed by atoms with Crippen molar-refractivity contribution in [3.8, 4) is 28.7 Å². The van der Waals surface area contributed by atoms with Gasteiger partial charge >= 0.3 is 0 Å². The molecule has 4 aromatic carbocycles. The summed E-state index contributed by atoms with van der Waals surface area (Å²) in [4.78, 5) is 40.7. The summed E-state index contributed by atoms with van der Waals surface area (Å²) in [6, 6.07) is 10.7. The van der Waals surface area contributed by atoms with Gasteiger partial charge in [-0.05, 0) is 55.3 Å². The third kappa shape index (κ3) is 3.03. The number of ketones is 3. The van der Waals surface area contributed by atoms with Gasteiger partial charge in [0.2, 0.25) is 11.6 Å². The molecule has 9 heteroatoms. The fourth-order valence-corrected chi connectivity index (χ4v) is 5.93. The van der Waals surface area contributed by atoms with Crippen LogP contribution in [0.4, 0.5) is 0 Å². The first kappa shape index (κ1) is 25.1. The predicted octanol–water partition coefficient (Wildman–Crippen LogP) is 3.74. The van der Waals surface area contributed by atoms with E-state index in [2.05, 4.69) is 0 Å². The van der Waals surface area contributed by atoms with E-state index >= 15 is 0 Å². The van der Waals surface area contributed by atoms with Crippen LogP contribution < -0.4 is 4.74 Å². The Balaban J connectivity index is 1.76. The topological polar surface area (TPSA) is 162 Å². The smallest absolute Gasteiger partial charge is 0.201 e. The molecule has 9 nitrogen and oxygen atoms in total. The number of phenolic OH excluding ortho intramolecular Hbond substituents is 4. The number of carbonyl (C=O) groups is 3. The lowest BCUT2D eigenvalue weighted by Crippen LogP contribution is -2.38. The molecule has 0 amide bonds. The Bertz CT molecular complexity index is 1870. The van der Waals surface area contributed by atoms with Gasteiger partial charge in [0.15, 0.2) is 5.78 Å². The molecule has 6 rings (SSSR count). The van der Waals surface area contributed by atoms with Crippen LogP contribution in [0, 0.1) is 13.8 Å². The van der Waals surface area contributed by atoms with Crippen molar-refractivity contribution >= 4 is 17.3 Å². The van der Waals surface area contributed by atoms with E-state index in [0.717, 1.165) is 0 Å². The Hall–Kier alpha value is -5.15. The maximum absolute atomic E-state index is 13.7. The van der Waals surface area contributed by atoms with E-state index in [1.165, 1.54) is 55.6 Å². The van der Waals surface area contributed by atoms with Crippen LogP contribution in [0.3, 0.4) is 0 Å². The third-order valence-electron chi connectivity index (χ3n) is 7.59. The van der Waals surface area contributed by atoms with E-state index in [4.69, 9.17) is 4.74 Å². The Labute approximate surface area is 227 Å². The second-order valence-corrected chi connectivity index (χ2v) is 10.0. The standard InChI is InChI=1S/C31H22O9/c1-12-7-14-22(19(33)9-12)28(36)23-15(27(14)35)11-21(40-3)26(30(23)38)31(39)16-5-4-6-18(32)24(16)29(37)25-17(31)8-13(2)10-20(25)34/h4-11,32-34,38-39H,1-3H3. The molecular formula is C31H22O9. The van der Waals surface area contributed by atoms with Crippen LogP contribution in [-0.4, -0.2) is 50.0 Å². The van der Waals surface area contributed by atoms with Gasteiger partial charge in [-0.3, -0.25) is 14.4 Å². The third-order valence-corrected chi connectivity index (χ3v) is 7.59. The van der Waals surface area contributed by atoms with Gasteiger partial charge in [0.05, 0.1) is 34.9 Å². The lowest BCUT2D eigenvalue weighted by Gasteiger charge is -2.38. The van der Waals surface area contributed by atoms with Crippen molar-refractivity contribution in [2.45, 2.75) is 19.4 Å². The molecule has 0 fully saturated rings. The van der Waals surface area contributed by atoms with Gasteiger partial charge in [0.25, 0.3) is 0 Å². The molecule has 0 aliphatic heterocycles. The highest BCUT2D eigenvalue weighted by molar-refractivity contribution is 6.30. The summed E-state index contributed by atoms with van der Waals surface area (Å²) in [7, 11) is 1.24. The highest BCUT2D eigenvalue weighted by atomic mass is 16.5. The van der Waals surface area contributed by atoms with Crippen LogP contribution in [0.2, 0.25) is 0 Å². The summed E-state index contributed by atoms with van der Waals surface area (Å²) < 4.78 is 5.53. The van der Waals surface area contributed by atoms with Gasteiger partial charge in [-0.2, -0.15) is 0 Å². The van der Waals surface area contributed by atoms with Gasteiger partial charge in [0.1, 0.15) is 34.3 Å². The predicted molar refractivity (Wildman–Crippen MR) is 141 cm³/mol. The Kier molecular flexibility index (Phi) is 5.14. The molecule has 4 aromatic rings. The van der Waals surface area contributed by atoms with Crippen molar-refractivity contribution in [2.24, 2.45) is 0 Å². The Morgan fingerprint density at radius 2 is 1.23 bits per heavy atom. The number of phenols is 4. The summed E-state index contributed by atoms with van der Waals surface area (Å²) in [5.74, 6) is -4.69. The molecule has 40 heavy (non-hydrogen) atoms. The molecule has 0 heterocycles. The lowest BCUT2D eigenvalue weighted by molar-refractivity contribution is 0.0914. The van der Waals surface area contributed by atoms with E-state index in [-0.39, 0.29) is 44.7 Å². The minimum absolute atomic E-state index is 0.0488. The number of ether oxygens (including phenoxy) is 1. The van der Waals surface area contributed by atoms with Gasteiger partial charge in [-0.15, -0.1) is 0 Å². The first-order chi connectivity index (χ1) is 18.9. The molecule has 0 radical (unpaired) electrons. The van der Waals surface area contributed by atoms with Gasteiger partial charge in [-0.25, -0.2) is 0 Å². The zero-order valence-electron chi connectivity index (χ0n) is 21.5. The molecule has 0 saturated heterocycles. The van der Waals surface area contributed by atoms with Gasteiger partial charge in [-0.1, -0.05) is 18.2 Å². The van der Waals surface area contributed by atoms with Crippen molar-refractivity contribution in [1.82, 2.24) is 0 Å². The number of fused-ring (bicyclic) bond motifs is 4. The lowest BCUT2D eigenvalue weighted by atomic mass is 9.68. The second-order valence-electron chi connectivity index (χ2n) is 10.0. The van der Waals surface area contributed by atoms with Crippen LogP contribution in [-0.2, 0) is 5.60 Å². The van der Waals surface area contributed by atoms with E-state index in [0.29, 0.717) is 11.1 Å². The van der Waals surface area contributed by atoms with Crippen molar-refractivity contribution in [1.29, 1.82) is 0 Å². The second kappa shape index (κ2) is 8.17. The molecule has 0 saturated carbocycles. The number of benzene rings is 4. The summed E-state index contributed by atoms with van der Waals surface area (Å²) in [5, 5.41) is 56.4. The summed E-state index contributed by atoms with van der Waals surface area (Å²) in [6.45, 7) is 3.27. The van der Waals surface area contributed by atoms with E-state index in [1.807, 2.05) is 0 Å². The van der Waals surface area contributed by atoms with E-state index < -0.39 is 57.1 Å². The van der Waals surface area contributed by atoms with Crippen molar-refractivity contribution in [2.75, 3.05) is 7.11 Å². The molecule has 0 aromatic heterocycles. The summed E-state index contributed by atoms with van der Waals surface area (Å²) in [6.07, 6.45) is 0. The van der Waals surface area contributed by atoms with Gasteiger partial charge in [0, 0.05) is 22.3 Å². The first-order valence-electron chi connectivity index (χ1n) is 12.2. The number of carbonyl (C=O) groups excluding carboxylic acids is 3. The highest BCUT2D eigenvalue weighted by Gasteiger charge is 2.51. The number of methoxy groups -OCH3 is 1. The Morgan fingerprint density at radius 1 is 0.650 bits per heavy atom. The zero-order valence-corrected chi connectivity index (χ0v) is 21.5. The number of hydrogen-bond donors (Lipinski definition) is 5. The van der Waals surface area contributed by atoms with Crippen LogP contribution in [0.1, 0.15) is 75.6 Å². The zero-order chi connectivity index (χ0) is 28.8. The monoisotopic (exact) mass is 538 g/mol. The highest BCUT2D eigenvalue weighted by Crippen LogP contribution is 2.55. The fourth-order valence-electron chi connectivity index (χ4n) is 5.93. The van der Waals surface area contributed by atoms with Crippen LogP contribution in [0.25, 0.3) is 0 Å². The minimum atomic E-state index is -2.45. The number of aliphatic hydroxyl groups is 1. The van der Waals surface area contributed by atoms with Gasteiger partial charge < -0.3 is 30.3 Å². The van der Waals surface area contributed by atoms with Crippen LogP contribution in [0.15, 0.2) is 48.5 Å². The molecule has 1 unspecified atom stereocenters. The summed E-state index contributed by atoms with van der Waals surface area (Å²) >= 11 is 0. The SMILES string of the molecule is COc1cc2c(c(O)c1C1(O)c3cccc(O)c3C(=O)c3c(O)cc(C)cc31)C(=O)c1c(O)cc(C)cc1C2=O. The first-order valence-corrected chi connectivity index (χ1v) is 12.2. The average Bonchev–Trinajstić information content (AvgIpc) is 2.88. The molecule has 0 bridgehead atoms. The molecular weight excluding hydrogens is 516 g/mol. The van der Waals surface area contributed by atoms with E-state index in [9.17, 15) is 39.9 Å². The quantitative estimate of drug-likeness (QED) is 0.225. The van der Waals surface area contributed by atoms with Crippen molar-refractivity contribution in [3.05, 3.63) is 110 Å². The molecule has 2 aliphatic rings. The minimum Gasteiger partial charge on any atom is -0.507 e. The average molecular weight is 539 g/mol. The molecule has 5 N–H and O–H groups in total. The maximum Gasteiger partial charge on any atom is 0.201 e. The fraction of sp³-hybridized carbons (Fsp3) is 0.129. The number of aromatic hydroxyl groups is 4. The number of aryl methyl sites for hydroxylation is 2. The normalized spacial score (nSPS) is 17.1. The van der Waals surface area contributed by atoms with Crippen LogP contribution >= 0.6 is 0 Å². The summed E-state index contributed by atoms with van der Waals surface area (Å²) in [5.41, 5.74) is -3.79. The number of rotatable bonds is 2.